The maximum absolute atomic E-state index is 13.4. The first-order valence-electron chi connectivity index (χ1n) is 14.3. The monoisotopic (exact) mass is 582 g/mol. The Morgan fingerprint density at radius 2 is 1.75 bits per heavy atom. The van der Waals surface area contributed by atoms with Gasteiger partial charge in [-0.2, -0.15) is 0 Å². The summed E-state index contributed by atoms with van der Waals surface area (Å²) < 4.78 is 5.90. The van der Waals surface area contributed by atoms with Crippen LogP contribution in [0.5, 0.6) is 11.5 Å². The summed E-state index contributed by atoms with van der Waals surface area (Å²) in [5.74, 6) is 3.29. The van der Waals surface area contributed by atoms with E-state index in [9.17, 15) is 9.59 Å². The van der Waals surface area contributed by atoms with Crippen LogP contribution >= 0.6 is 24.0 Å². The summed E-state index contributed by atoms with van der Waals surface area (Å²) in [5, 5.41) is 6.62. The van der Waals surface area contributed by atoms with Gasteiger partial charge in [-0.05, 0) is 62.7 Å². The predicted octanol–water partition coefficient (Wildman–Crippen LogP) is 5.20. The Morgan fingerprint density at radius 1 is 1.05 bits per heavy atom. The van der Waals surface area contributed by atoms with Gasteiger partial charge in [-0.1, -0.05) is 74.7 Å². The first kappa shape index (κ1) is 30.3. The van der Waals surface area contributed by atoms with E-state index >= 15 is 0 Å². The van der Waals surface area contributed by atoms with Crippen molar-refractivity contribution in [3.8, 4) is 11.5 Å². The van der Waals surface area contributed by atoms with Crippen LogP contribution in [0.1, 0.15) is 50.5 Å². The number of nitrogens with one attached hydrogen (secondary N) is 2. The molecule has 1 saturated carbocycles. The summed E-state index contributed by atoms with van der Waals surface area (Å²) in [7, 11) is 3.73. The summed E-state index contributed by atoms with van der Waals surface area (Å²) >= 11 is 7.46. The van der Waals surface area contributed by atoms with Gasteiger partial charge in [-0.3, -0.25) is 9.59 Å². The fraction of sp³-hybridized carbons (Fsp3) is 0.516. The van der Waals surface area contributed by atoms with Crippen LogP contribution in [-0.4, -0.2) is 71.0 Å². The van der Waals surface area contributed by atoms with E-state index in [-0.39, 0.29) is 17.9 Å². The van der Waals surface area contributed by atoms with Crippen molar-refractivity contribution in [2.45, 2.75) is 63.6 Å². The van der Waals surface area contributed by atoms with Crippen molar-refractivity contribution < 1.29 is 14.3 Å². The lowest BCUT2D eigenvalue weighted by Crippen LogP contribution is -2.54. The number of ether oxygens (including phenoxy) is 1. The predicted molar refractivity (Wildman–Crippen MR) is 167 cm³/mol. The average Bonchev–Trinajstić information content (AvgIpc) is 3.46. The zero-order valence-electron chi connectivity index (χ0n) is 23.6. The zero-order valence-corrected chi connectivity index (χ0v) is 25.3. The van der Waals surface area contributed by atoms with Gasteiger partial charge in [-0.25, -0.2) is 0 Å². The van der Waals surface area contributed by atoms with Gasteiger partial charge >= 0.3 is 0 Å². The minimum atomic E-state index is -0.463. The molecule has 0 aromatic heterocycles. The Balaban J connectivity index is 1.35. The molecule has 2 amide bonds. The molecule has 0 radical (unpaired) electrons. The smallest absolute Gasteiger partial charge is 0.244 e. The van der Waals surface area contributed by atoms with E-state index in [2.05, 4.69) is 10.6 Å². The molecule has 9 heteroatoms. The average molecular weight is 583 g/mol. The van der Waals surface area contributed by atoms with Gasteiger partial charge in [0.2, 0.25) is 11.8 Å². The zero-order chi connectivity index (χ0) is 28.3. The summed E-state index contributed by atoms with van der Waals surface area (Å²) in [5.41, 5.74) is 1.08. The van der Waals surface area contributed by atoms with Gasteiger partial charge in [-0.15, -0.1) is 11.8 Å². The number of hydrogen-bond donors (Lipinski definition) is 2. The molecule has 1 saturated heterocycles. The van der Waals surface area contributed by atoms with Crippen LogP contribution in [0.25, 0.3) is 0 Å². The highest BCUT2D eigenvalue weighted by Crippen LogP contribution is 2.28. The Bertz CT molecular complexity index is 1110. The summed E-state index contributed by atoms with van der Waals surface area (Å²) in [6, 6.07) is 16.9. The Hall–Kier alpha value is -2.62. The molecular weight excluding hydrogens is 541 g/mol. The van der Waals surface area contributed by atoms with E-state index < -0.39 is 6.04 Å². The quantitative estimate of drug-likeness (QED) is 0.333. The summed E-state index contributed by atoms with van der Waals surface area (Å²) in [6.45, 7) is 0.859. The lowest BCUT2D eigenvalue weighted by atomic mass is 9.85. The molecule has 0 bridgehead atoms. The van der Waals surface area contributed by atoms with E-state index in [4.69, 9.17) is 17.0 Å². The number of amides is 2. The third-order valence-corrected chi connectivity index (χ3v) is 8.99. The molecule has 2 atom stereocenters. The third-order valence-electron chi connectivity index (χ3n) is 7.55. The fourth-order valence-corrected chi connectivity index (χ4v) is 6.72. The van der Waals surface area contributed by atoms with Gasteiger partial charge in [0.05, 0.1) is 23.5 Å². The second-order valence-electron chi connectivity index (χ2n) is 11.0. The summed E-state index contributed by atoms with van der Waals surface area (Å²) in [6.07, 6.45) is 8.25. The summed E-state index contributed by atoms with van der Waals surface area (Å²) in [4.78, 5) is 30.4. The van der Waals surface area contributed by atoms with Crippen LogP contribution < -0.4 is 15.4 Å². The molecule has 4 rings (SSSR count). The number of carbonyl (C=O) groups is 2. The lowest BCUT2D eigenvalue weighted by molar-refractivity contribution is -0.138. The second kappa shape index (κ2) is 15.4. The standard InChI is InChI=1S/C31H42N4O3S2/c1-34(2)20-29(36)35-22-40-21-28(35)30(37)33-27(18-15-23-9-5-3-6-10-23)31(39)32-19-24-13-16-26(17-14-24)38-25-11-7-4-8-12-25/h4,7-8,11-14,16-17,23,27-28H,3,5-6,9-10,15,18-22H2,1-2H3,(H,32,39)(H,33,37)/t27-,28+/m1/s1. The number of para-hydroxylation sites is 1. The lowest BCUT2D eigenvalue weighted by Gasteiger charge is -2.29. The van der Waals surface area contributed by atoms with Crippen LogP contribution in [0.3, 0.4) is 0 Å². The maximum Gasteiger partial charge on any atom is 0.244 e. The SMILES string of the molecule is CN(C)CC(=O)N1CSC[C@H]1C(=O)N[C@H](CCC1CCCCC1)C(=S)NCc1ccc(Oc2ccccc2)cc1. The topological polar surface area (TPSA) is 73.9 Å². The largest absolute Gasteiger partial charge is 0.457 e. The number of benzene rings is 2. The number of thioether (sulfide) groups is 1. The molecule has 1 aliphatic heterocycles. The van der Waals surface area contributed by atoms with Crippen molar-refractivity contribution in [2.75, 3.05) is 32.3 Å². The van der Waals surface area contributed by atoms with E-state index in [1.165, 1.54) is 32.1 Å². The highest BCUT2D eigenvalue weighted by molar-refractivity contribution is 7.99. The van der Waals surface area contributed by atoms with Crippen LogP contribution in [0.15, 0.2) is 54.6 Å². The molecular formula is C31H42N4O3S2. The molecule has 216 valence electrons. The van der Waals surface area contributed by atoms with Crippen molar-refractivity contribution in [3.63, 3.8) is 0 Å². The molecule has 2 aromatic rings. The van der Waals surface area contributed by atoms with Gasteiger partial charge in [0.1, 0.15) is 17.5 Å². The maximum atomic E-state index is 13.4. The molecule has 0 spiro atoms. The van der Waals surface area contributed by atoms with Crippen molar-refractivity contribution in [1.82, 2.24) is 20.4 Å². The molecule has 40 heavy (non-hydrogen) atoms. The number of rotatable bonds is 12. The molecule has 0 unspecified atom stereocenters. The molecule has 2 N–H and O–H groups in total. The van der Waals surface area contributed by atoms with Crippen LogP contribution in [0.4, 0.5) is 0 Å². The number of thiocarbonyl (C=S) groups is 1. The Kier molecular flexibility index (Phi) is 11.7. The minimum absolute atomic E-state index is 0.0192. The highest BCUT2D eigenvalue weighted by atomic mass is 32.2. The number of hydrogen-bond acceptors (Lipinski definition) is 6. The minimum Gasteiger partial charge on any atom is -0.457 e. The Labute approximate surface area is 248 Å². The van der Waals surface area contributed by atoms with Crippen molar-refractivity contribution in [2.24, 2.45) is 5.92 Å². The molecule has 1 aliphatic carbocycles. The molecule has 7 nitrogen and oxygen atoms in total. The van der Waals surface area contributed by atoms with Gasteiger partial charge in [0.25, 0.3) is 0 Å². The number of likely N-dealkylation sites (N-methyl/N-ethyl adjacent to an activating group) is 1. The number of nitrogens with zero attached hydrogens (tertiary/aromatic N) is 2. The van der Waals surface area contributed by atoms with Crippen molar-refractivity contribution in [3.05, 3.63) is 60.2 Å². The second-order valence-corrected chi connectivity index (χ2v) is 12.5. The van der Waals surface area contributed by atoms with Gasteiger partial charge in [0, 0.05) is 12.3 Å². The van der Waals surface area contributed by atoms with E-state index in [1.807, 2.05) is 73.6 Å². The first-order chi connectivity index (χ1) is 19.4. The number of carbonyl (C=O) groups excluding carboxylic acids is 2. The molecule has 2 fully saturated rings. The molecule has 1 heterocycles. The molecule has 2 aromatic carbocycles. The highest BCUT2D eigenvalue weighted by Gasteiger charge is 2.36. The van der Waals surface area contributed by atoms with Gasteiger partial charge < -0.3 is 25.2 Å². The van der Waals surface area contributed by atoms with Gasteiger partial charge in [0.15, 0.2) is 0 Å². The Morgan fingerprint density at radius 3 is 2.45 bits per heavy atom. The molecule has 2 aliphatic rings. The van der Waals surface area contributed by atoms with Crippen molar-refractivity contribution >= 4 is 40.8 Å². The van der Waals surface area contributed by atoms with E-state index in [1.54, 1.807) is 16.7 Å². The van der Waals surface area contributed by atoms with Crippen LogP contribution in [0.2, 0.25) is 0 Å². The van der Waals surface area contributed by atoms with E-state index in [0.29, 0.717) is 35.6 Å². The first-order valence-corrected chi connectivity index (χ1v) is 15.9. The van der Waals surface area contributed by atoms with Crippen molar-refractivity contribution in [1.29, 1.82) is 0 Å². The third kappa shape index (κ3) is 9.21. The fourth-order valence-electron chi connectivity index (χ4n) is 5.29. The normalized spacial score (nSPS) is 18.4. The van der Waals surface area contributed by atoms with Crippen LogP contribution in [-0.2, 0) is 16.1 Å². The van der Waals surface area contributed by atoms with E-state index in [0.717, 1.165) is 29.9 Å². The van der Waals surface area contributed by atoms with Crippen LogP contribution in [0, 0.1) is 5.92 Å².